The summed E-state index contributed by atoms with van der Waals surface area (Å²) >= 11 is 0. The Hall–Kier alpha value is -2.78. The standard InChI is InChI=1S/C23H33N5O7S2.ClH/c1-3-27-9-11-28(12-10-27)36(29,30)21-7-4-5-8-22(21)37(31,32)35-20-16-18(2)15-19(17-20)33-13-6-14-34-26-23(24)25;/h4-5,7-8,15-17H,3,6,9-14H2,1-2H3,(H4,24,25,26);1H. The summed E-state index contributed by atoms with van der Waals surface area (Å²) in [6.45, 7) is 6.77. The number of guanidine groups is 1. The maximum Gasteiger partial charge on any atom is 0.340 e. The number of sulfonamides is 1. The number of ether oxygens (including phenoxy) is 1. The molecule has 1 aliphatic rings. The van der Waals surface area contributed by atoms with E-state index < -0.39 is 25.0 Å². The molecule has 1 aliphatic heterocycles. The zero-order valence-electron chi connectivity index (χ0n) is 21.3. The van der Waals surface area contributed by atoms with Crippen molar-refractivity contribution in [2.75, 3.05) is 45.9 Å². The summed E-state index contributed by atoms with van der Waals surface area (Å²) in [4.78, 5) is 6.28. The highest BCUT2D eigenvalue weighted by atomic mass is 35.5. The Labute approximate surface area is 230 Å². The third kappa shape index (κ3) is 8.36. The zero-order valence-corrected chi connectivity index (χ0v) is 23.7. The summed E-state index contributed by atoms with van der Waals surface area (Å²) in [5.74, 6) is 0.188. The molecule has 1 saturated heterocycles. The van der Waals surface area contributed by atoms with Gasteiger partial charge in [-0.2, -0.15) is 12.7 Å². The lowest BCUT2D eigenvalue weighted by Gasteiger charge is -2.33. The van der Waals surface area contributed by atoms with Gasteiger partial charge in [0.15, 0.2) is 0 Å². The predicted molar refractivity (Wildman–Crippen MR) is 145 cm³/mol. The minimum atomic E-state index is -4.49. The highest BCUT2D eigenvalue weighted by Crippen LogP contribution is 2.30. The van der Waals surface area contributed by atoms with Gasteiger partial charge in [-0.15, -0.1) is 12.4 Å². The van der Waals surface area contributed by atoms with Crippen molar-refractivity contribution in [3.8, 4) is 11.5 Å². The summed E-state index contributed by atoms with van der Waals surface area (Å²) in [7, 11) is -8.54. The summed E-state index contributed by atoms with van der Waals surface area (Å²) in [6, 6.07) is 10.1. The topological polar surface area (TPSA) is 167 Å². The molecule has 0 amide bonds. The van der Waals surface area contributed by atoms with Gasteiger partial charge in [0.05, 0.1) is 6.61 Å². The maximum absolute atomic E-state index is 13.4. The van der Waals surface area contributed by atoms with Crippen molar-refractivity contribution in [3.05, 3.63) is 48.0 Å². The average molecular weight is 592 g/mol. The fraction of sp³-hybridized carbons (Fsp3) is 0.435. The molecule has 1 fully saturated rings. The molecule has 2 aromatic carbocycles. The molecular formula is C23H34ClN5O7S2. The van der Waals surface area contributed by atoms with E-state index in [0.717, 1.165) is 6.54 Å². The van der Waals surface area contributed by atoms with E-state index in [1.54, 1.807) is 13.0 Å². The van der Waals surface area contributed by atoms with E-state index in [4.69, 9.17) is 25.2 Å². The molecule has 0 bridgehead atoms. The fourth-order valence-corrected chi connectivity index (χ4v) is 6.86. The molecule has 38 heavy (non-hydrogen) atoms. The van der Waals surface area contributed by atoms with E-state index in [1.807, 2.05) is 6.92 Å². The van der Waals surface area contributed by atoms with Crippen molar-refractivity contribution in [2.24, 2.45) is 16.6 Å². The van der Waals surface area contributed by atoms with Crippen LogP contribution in [-0.2, 0) is 25.0 Å². The number of oxime groups is 1. The monoisotopic (exact) mass is 591 g/mol. The first-order chi connectivity index (χ1) is 17.5. The van der Waals surface area contributed by atoms with Crippen LogP contribution in [0.5, 0.6) is 11.5 Å². The summed E-state index contributed by atoms with van der Waals surface area (Å²) in [5, 5.41) is 3.41. The highest BCUT2D eigenvalue weighted by molar-refractivity contribution is 7.91. The second-order valence-electron chi connectivity index (χ2n) is 8.36. The molecule has 0 radical (unpaired) electrons. The van der Waals surface area contributed by atoms with E-state index in [1.165, 1.54) is 40.7 Å². The number of hydrogen-bond acceptors (Lipinski definition) is 9. The van der Waals surface area contributed by atoms with Gasteiger partial charge in [-0.1, -0.05) is 19.1 Å². The van der Waals surface area contributed by atoms with Crippen LogP contribution in [-0.4, -0.2) is 77.9 Å². The summed E-state index contributed by atoms with van der Waals surface area (Å²) < 4.78 is 65.6. The van der Waals surface area contributed by atoms with Crippen molar-refractivity contribution in [1.29, 1.82) is 0 Å². The first-order valence-corrected chi connectivity index (χ1v) is 14.6. The molecule has 15 heteroatoms. The molecule has 0 unspecified atom stereocenters. The van der Waals surface area contributed by atoms with Gasteiger partial charge in [0.25, 0.3) is 0 Å². The molecule has 212 valence electrons. The van der Waals surface area contributed by atoms with Gasteiger partial charge < -0.3 is 30.1 Å². The average Bonchev–Trinajstić information content (AvgIpc) is 2.85. The molecule has 4 N–H and O–H groups in total. The second kappa shape index (κ2) is 13.8. The Morgan fingerprint density at radius 2 is 1.58 bits per heavy atom. The Balaban J connectivity index is 0.00000507. The number of nitrogens with two attached hydrogens (primary N) is 2. The summed E-state index contributed by atoms with van der Waals surface area (Å²) in [6.07, 6.45) is 0.469. The number of aryl methyl sites for hydroxylation is 1. The normalized spacial score (nSPS) is 14.8. The molecule has 3 rings (SSSR count). The Bertz CT molecular complexity index is 1310. The fourth-order valence-electron chi connectivity index (χ4n) is 3.75. The van der Waals surface area contributed by atoms with Crippen molar-refractivity contribution in [1.82, 2.24) is 9.21 Å². The zero-order chi connectivity index (χ0) is 27.1. The third-order valence-electron chi connectivity index (χ3n) is 5.56. The molecule has 0 aromatic heterocycles. The number of benzene rings is 2. The Kier molecular flexibility index (Phi) is 11.5. The third-order valence-corrected chi connectivity index (χ3v) is 8.96. The Morgan fingerprint density at radius 3 is 2.21 bits per heavy atom. The summed E-state index contributed by atoms with van der Waals surface area (Å²) in [5.41, 5.74) is 11.0. The number of piperazine rings is 1. The van der Waals surface area contributed by atoms with Crippen LogP contribution in [0.15, 0.2) is 57.4 Å². The van der Waals surface area contributed by atoms with Crippen LogP contribution in [0.1, 0.15) is 18.9 Å². The van der Waals surface area contributed by atoms with E-state index in [0.29, 0.717) is 30.8 Å². The minimum Gasteiger partial charge on any atom is -0.493 e. The van der Waals surface area contributed by atoms with Crippen LogP contribution in [0.3, 0.4) is 0 Å². The van der Waals surface area contributed by atoms with Gasteiger partial charge in [-0.25, -0.2) is 8.42 Å². The lowest BCUT2D eigenvalue weighted by Crippen LogP contribution is -2.48. The number of nitrogens with zero attached hydrogens (tertiary/aromatic N) is 3. The van der Waals surface area contributed by atoms with Gasteiger partial charge in [0.2, 0.25) is 16.0 Å². The van der Waals surface area contributed by atoms with Gasteiger partial charge in [-0.3, -0.25) is 0 Å². The number of rotatable bonds is 12. The quantitative estimate of drug-likeness (QED) is 0.121. The lowest BCUT2D eigenvalue weighted by molar-refractivity contribution is 0.127. The maximum atomic E-state index is 13.4. The Morgan fingerprint density at radius 1 is 0.947 bits per heavy atom. The molecule has 2 aromatic rings. The molecular weight excluding hydrogens is 558 g/mol. The van der Waals surface area contributed by atoms with Gasteiger partial charge in [0, 0.05) is 38.7 Å². The van der Waals surface area contributed by atoms with Gasteiger partial charge >= 0.3 is 10.1 Å². The van der Waals surface area contributed by atoms with E-state index >= 15 is 0 Å². The predicted octanol–water partition coefficient (Wildman–Crippen LogP) is 1.48. The van der Waals surface area contributed by atoms with Gasteiger partial charge in [-0.05, 0) is 48.5 Å². The molecule has 1 heterocycles. The van der Waals surface area contributed by atoms with E-state index in [-0.39, 0.29) is 55.3 Å². The van der Waals surface area contributed by atoms with Gasteiger partial charge in [0.1, 0.15) is 27.9 Å². The van der Waals surface area contributed by atoms with Crippen LogP contribution in [0.2, 0.25) is 0 Å². The van der Waals surface area contributed by atoms with Crippen molar-refractivity contribution < 1.29 is 30.6 Å². The van der Waals surface area contributed by atoms with E-state index in [2.05, 4.69) is 10.1 Å². The molecule has 0 saturated carbocycles. The largest absolute Gasteiger partial charge is 0.493 e. The minimum absolute atomic E-state index is 0. The smallest absolute Gasteiger partial charge is 0.340 e. The first kappa shape index (κ1) is 31.4. The molecule has 12 nitrogen and oxygen atoms in total. The van der Waals surface area contributed by atoms with Crippen molar-refractivity contribution in [3.63, 3.8) is 0 Å². The molecule has 0 atom stereocenters. The number of likely N-dealkylation sites (N-methyl/N-ethyl adjacent to an activating group) is 1. The first-order valence-electron chi connectivity index (χ1n) is 11.7. The van der Waals surface area contributed by atoms with Crippen LogP contribution < -0.4 is 20.4 Å². The second-order valence-corrected chi connectivity index (χ2v) is 11.8. The van der Waals surface area contributed by atoms with Crippen LogP contribution in [0.25, 0.3) is 0 Å². The van der Waals surface area contributed by atoms with Crippen LogP contribution in [0, 0.1) is 6.92 Å². The van der Waals surface area contributed by atoms with E-state index in [9.17, 15) is 16.8 Å². The lowest BCUT2D eigenvalue weighted by atomic mass is 10.2. The molecule has 0 aliphatic carbocycles. The van der Waals surface area contributed by atoms with Crippen molar-refractivity contribution >= 4 is 38.5 Å². The SMILES string of the molecule is CCN1CCN(S(=O)(=O)c2ccccc2S(=O)(=O)Oc2cc(C)cc(OCCCON=C(N)N)c2)CC1.Cl. The van der Waals surface area contributed by atoms with Crippen LogP contribution >= 0.6 is 12.4 Å². The van der Waals surface area contributed by atoms with Crippen LogP contribution in [0.4, 0.5) is 0 Å². The highest BCUT2D eigenvalue weighted by Gasteiger charge is 2.34. The van der Waals surface area contributed by atoms with Crippen molar-refractivity contribution in [2.45, 2.75) is 30.1 Å². The number of halogens is 1. The number of hydrogen-bond donors (Lipinski definition) is 2. The molecule has 0 spiro atoms.